The van der Waals surface area contributed by atoms with Gasteiger partial charge in [0.2, 0.25) is 0 Å². The zero-order chi connectivity index (χ0) is 32.2. The van der Waals surface area contributed by atoms with Gasteiger partial charge >= 0.3 is 5.97 Å². The molecule has 44 heavy (non-hydrogen) atoms. The molecule has 13 heteroatoms. The molecular formula is C31H26Cl2NO8PS. The van der Waals surface area contributed by atoms with Gasteiger partial charge in [-0.1, -0.05) is 65.7 Å². The van der Waals surface area contributed by atoms with Crippen molar-refractivity contribution in [3.8, 4) is 11.5 Å². The number of hydrogen-bond acceptors (Lipinski definition) is 7. The summed E-state index contributed by atoms with van der Waals surface area (Å²) in [5.74, 6) is -1.01. The number of halogens is 2. The predicted octanol–water partition coefficient (Wildman–Crippen LogP) is 5.22. The first-order valence-electron chi connectivity index (χ1n) is 12.9. The monoisotopic (exact) mass is 673 g/mol. The third kappa shape index (κ3) is 7.70. The summed E-state index contributed by atoms with van der Waals surface area (Å²) in [7, 11) is -7.08. The second-order valence-corrected chi connectivity index (χ2v) is 15.3. The van der Waals surface area contributed by atoms with Crippen LogP contribution in [0.4, 0.5) is 0 Å². The van der Waals surface area contributed by atoms with Crippen molar-refractivity contribution in [2.75, 3.05) is 6.26 Å². The highest BCUT2D eigenvalue weighted by atomic mass is 35.5. The second-order valence-electron chi connectivity index (χ2n) is 9.86. The van der Waals surface area contributed by atoms with Crippen molar-refractivity contribution in [3.05, 3.63) is 117 Å². The normalized spacial score (nSPS) is 12.6. The molecule has 0 aliphatic carbocycles. The SMILES string of the molecule is CS(=O)(=O)c1cccc(CC(NC(=O)c2c(Cl)cc(/C=C/P(=O)(c3cccc(O)c3)c3cccc(O)c3)cc2Cl)C(=O)O)c1. The molecule has 0 bridgehead atoms. The maximum Gasteiger partial charge on any atom is 0.326 e. The van der Waals surface area contributed by atoms with Crippen LogP contribution in [0, 0.1) is 0 Å². The number of amides is 1. The van der Waals surface area contributed by atoms with Crippen LogP contribution in [0.5, 0.6) is 11.5 Å². The number of carboxylic acids is 1. The topological polar surface area (TPSA) is 158 Å². The maximum atomic E-state index is 14.3. The van der Waals surface area contributed by atoms with Crippen molar-refractivity contribution < 1.29 is 37.9 Å². The smallest absolute Gasteiger partial charge is 0.326 e. The lowest BCUT2D eigenvalue weighted by Gasteiger charge is -2.17. The summed E-state index contributed by atoms with van der Waals surface area (Å²) in [5, 5.41) is 32.5. The number of carbonyl (C=O) groups excluding carboxylic acids is 1. The summed E-state index contributed by atoms with van der Waals surface area (Å²) in [6.07, 6.45) is 2.30. The molecule has 0 aliphatic heterocycles. The molecule has 0 fully saturated rings. The standard InChI is InChI=1S/C31H26Cl2NO8PS/c1-44(41,42)25-10-2-5-19(13-25)16-28(31(38)39)34-30(37)29-26(32)14-20(15-27(29)33)11-12-43(40,23-8-3-6-21(35)17-23)24-9-4-7-22(36)18-24/h2-15,17-18,28,35-36H,16H2,1H3,(H,34,37)(H,38,39)/b12-11+. The summed E-state index contributed by atoms with van der Waals surface area (Å²) in [5.41, 5.74) is 0.552. The van der Waals surface area contributed by atoms with Gasteiger partial charge in [0.15, 0.2) is 17.0 Å². The molecule has 0 spiro atoms. The Morgan fingerprint density at radius 3 is 1.93 bits per heavy atom. The number of phenols is 2. The fourth-order valence-corrected chi connectivity index (χ4v) is 8.04. The number of aliphatic carboxylic acids is 1. The average molecular weight is 674 g/mol. The van der Waals surface area contributed by atoms with Crippen molar-refractivity contribution >= 4 is 68.7 Å². The summed E-state index contributed by atoms with van der Waals surface area (Å²) in [6.45, 7) is 0. The molecule has 1 atom stereocenters. The average Bonchev–Trinajstić information content (AvgIpc) is 2.95. The molecule has 4 aromatic rings. The minimum atomic E-state index is -3.55. The number of benzene rings is 4. The van der Waals surface area contributed by atoms with E-state index in [9.17, 15) is 37.9 Å². The Labute approximate surface area is 263 Å². The first kappa shape index (κ1) is 32.8. The van der Waals surface area contributed by atoms with Gasteiger partial charge < -0.3 is 25.2 Å². The third-order valence-electron chi connectivity index (χ3n) is 6.56. The van der Waals surface area contributed by atoms with Crippen molar-refractivity contribution in [1.82, 2.24) is 5.32 Å². The van der Waals surface area contributed by atoms with E-state index >= 15 is 0 Å². The number of phenolic OH excluding ortho intramolecular Hbond substituents is 2. The first-order valence-corrected chi connectivity index (χ1v) is 17.3. The van der Waals surface area contributed by atoms with E-state index in [1.807, 2.05) is 0 Å². The van der Waals surface area contributed by atoms with Crippen LogP contribution in [-0.4, -0.2) is 47.9 Å². The van der Waals surface area contributed by atoms with Gasteiger partial charge in [0.05, 0.1) is 20.5 Å². The fourth-order valence-electron chi connectivity index (χ4n) is 4.39. The molecule has 4 N–H and O–H groups in total. The predicted molar refractivity (Wildman–Crippen MR) is 171 cm³/mol. The van der Waals surface area contributed by atoms with Crippen molar-refractivity contribution in [3.63, 3.8) is 0 Å². The minimum Gasteiger partial charge on any atom is -0.508 e. The Bertz CT molecular complexity index is 1870. The van der Waals surface area contributed by atoms with Gasteiger partial charge in [-0.3, -0.25) is 4.79 Å². The third-order valence-corrected chi connectivity index (χ3v) is 10.9. The van der Waals surface area contributed by atoms with Crippen LogP contribution in [0.15, 0.2) is 95.6 Å². The van der Waals surface area contributed by atoms with Gasteiger partial charge in [-0.25, -0.2) is 13.2 Å². The minimum absolute atomic E-state index is 0.0119. The van der Waals surface area contributed by atoms with E-state index in [1.54, 1.807) is 30.3 Å². The van der Waals surface area contributed by atoms with Gasteiger partial charge in [-0.15, -0.1) is 0 Å². The van der Waals surface area contributed by atoms with Crippen molar-refractivity contribution in [2.24, 2.45) is 0 Å². The Morgan fingerprint density at radius 1 is 0.886 bits per heavy atom. The van der Waals surface area contributed by atoms with E-state index in [1.165, 1.54) is 66.5 Å². The van der Waals surface area contributed by atoms with Gasteiger partial charge in [-0.05, 0) is 65.5 Å². The van der Waals surface area contributed by atoms with Crippen LogP contribution in [-0.2, 0) is 25.6 Å². The molecule has 4 aromatic carbocycles. The zero-order valence-electron chi connectivity index (χ0n) is 23.0. The molecule has 9 nitrogen and oxygen atoms in total. The Balaban J connectivity index is 1.62. The van der Waals surface area contributed by atoms with E-state index in [0.29, 0.717) is 21.7 Å². The van der Waals surface area contributed by atoms with Crippen LogP contribution in [0.1, 0.15) is 21.5 Å². The molecular weight excluding hydrogens is 648 g/mol. The number of nitrogens with one attached hydrogen (secondary N) is 1. The fraction of sp³-hybridized carbons (Fsp3) is 0.0968. The zero-order valence-corrected chi connectivity index (χ0v) is 26.2. The van der Waals surface area contributed by atoms with E-state index in [-0.39, 0.29) is 38.4 Å². The highest BCUT2D eigenvalue weighted by Gasteiger charge is 2.27. The van der Waals surface area contributed by atoms with E-state index < -0.39 is 34.9 Å². The molecule has 0 heterocycles. The van der Waals surface area contributed by atoms with Crippen molar-refractivity contribution in [1.29, 1.82) is 0 Å². The Morgan fingerprint density at radius 2 is 1.43 bits per heavy atom. The van der Waals surface area contributed by atoms with Crippen LogP contribution in [0.25, 0.3) is 6.08 Å². The molecule has 0 aliphatic rings. The summed E-state index contributed by atoms with van der Waals surface area (Å²) >= 11 is 12.8. The number of carboxylic acid groups (broad SMARTS) is 1. The highest BCUT2D eigenvalue weighted by molar-refractivity contribution is 7.90. The van der Waals surface area contributed by atoms with Crippen LogP contribution in [0.3, 0.4) is 0 Å². The molecule has 0 aromatic heterocycles. The van der Waals surface area contributed by atoms with Crippen LogP contribution in [0.2, 0.25) is 10.0 Å². The lowest BCUT2D eigenvalue weighted by molar-refractivity contribution is -0.139. The molecule has 228 valence electrons. The lowest BCUT2D eigenvalue weighted by atomic mass is 10.0. The summed E-state index contributed by atoms with van der Waals surface area (Å²) < 4.78 is 38.1. The first-order chi connectivity index (χ1) is 20.7. The second kappa shape index (κ2) is 13.3. The van der Waals surface area contributed by atoms with E-state index in [4.69, 9.17) is 23.2 Å². The molecule has 0 radical (unpaired) electrons. The van der Waals surface area contributed by atoms with Crippen LogP contribution < -0.4 is 15.9 Å². The van der Waals surface area contributed by atoms with E-state index in [2.05, 4.69) is 5.32 Å². The molecule has 1 amide bonds. The summed E-state index contributed by atoms with van der Waals surface area (Å²) in [4.78, 5) is 25.1. The van der Waals surface area contributed by atoms with Crippen LogP contribution >= 0.6 is 30.3 Å². The van der Waals surface area contributed by atoms with E-state index in [0.717, 1.165) is 6.26 Å². The van der Waals surface area contributed by atoms with Crippen molar-refractivity contribution in [2.45, 2.75) is 17.4 Å². The number of hydrogen-bond donors (Lipinski definition) is 4. The quantitative estimate of drug-likeness (QED) is 0.167. The molecule has 1 unspecified atom stereocenters. The number of carbonyl (C=O) groups is 2. The summed E-state index contributed by atoms with van der Waals surface area (Å²) in [6, 6.07) is 18.9. The largest absolute Gasteiger partial charge is 0.508 e. The maximum absolute atomic E-state index is 14.3. The van der Waals surface area contributed by atoms with Gasteiger partial charge in [0.1, 0.15) is 17.5 Å². The van der Waals surface area contributed by atoms with Gasteiger partial charge in [0.25, 0.3) is 5.91 Å². The highest BCUT2D eigenvalue weighted by Crippen LogP contribution is 2.47. The molecule has 0 saturated heterocycles. The van der Waals surface area contributed by atoms with Gasteiger partial charge in [0, 0.05) is 23.3 Å². The number of sulfone groups is 1. The number of aromatic hydroxyl groups is 2. The number of rotatable bonds is 10. The molecule has 4 rings (SSSR count). The Hall–Kier alpha value is -4.08. The molecule has 0 saturated carbocycles. The Kier molecular flexibility index (Phi) is 9.91. The van der Waals surface area contributed by atoms with Gasteiger partial charge in [-0.2, -0.15) is 0 Å². The lowest BCUT2D eigenvalue weighted by Crippen LogP contribution is -2.42.